The Hall–Kier alpha value is -2.29. The van der Waals surface area contributed by atoms with E-state index in [-0.39, 0.29) is 38.6 Å². The first kappa shape index (κ1) is 84.7. The molecule has 9 nitrogen and oxygen atoms in total. The molecule has 0 heterocycles. The Labute approximate surface area is 539 Å². The fourth-order valence-corrected chi connectivity index (χ4v) is 12.1. The lowest BCUT2D eigenvalue weighted by atomic mass is 10.0. The number of hydrogen-bond acceptors (Lipinski definition) is 8. The van der Waals surface area contributed by atoms with Crippen molar-refractivity contribution in [2.45, 2.75) is 392 Å². The normalized spacial score (nSPS) is 13.2. The van der Waals surface area contributed by atoms with Gasteiger partial charge in [0.15, 0.2) is 6.10 Å². The molecule has 87 heavy (non-hydrogen) atoms. The van der Waals surface area contributed by atoms with Crippen molar-refractivity contribution in [1.82, 2.24) is 0 Å². The summed E-state index contributed by atoms with van der Waals surface area (Å²) < 4.78 is 33.2. The molecule has 0 radical (unpaired) electrons. The number of rotatable bonds is 72. The highest BCUT2D eigenvalue weighted by molar-refractivity contribution is 7.47. The Morgan fingerprint density at radius 2 is 0.632 bits per heavy atom. The van der Waals surface area contributed by atoms with Gasteiger partial charge in [-0.05, 0) is 77.0 Å². The van der Waals surface area contributed by atoms with Crippen LogP contribution in [-0.2, 0) is 32.7 Å². The van der Waals surface area contributed by atoms with Gasteiger partial charge >= 0.3 is 19.8 Å². The minimum atomic E-state index is -4.39. The molecule has 0 aliphatic heterocycles. The van der Waals surface area contributed by atoms with Crippen molar-refractivity contribution < 1.29 is 37.6 Å². The highest BCUT2D eigenvalue weighted by atomic mass is 31.2. The van der Waals surface area contributed by atoms with Gasteiger partial charge < -0.3 is 20.1 Å². The summed E-state index contributed by atoms with van der Waals surface area (Å²) in [7, 11) is -4.39. The summed E-state index contributed by atoms with van der Waals surface area (Å²) >= 11 is 0. The van der Waals surface area contributed by atoms with E-state index in [0.717, 1.165) is 64.2 Å². The fourth-order valence-electron chi connectivity index (χ4n) is 11.3. The average Bonchev–Trinajstić information content (AvgIpc) is 3.63. The number of nitrogens with two attached hydrogens (primary N) is 1. The molecule has 0 rings (SSSR count). The van der Waals surface area contributed by atoms with Crippen molar-refractivity contribution in [3.63, 3.8) is 0 Å². The van der Waals surface area contributed by atoms with Crippen molar-refractivity contribution >= 4 is 19.8 Å². The molecular weight excluding hydrogens is 1100 g/mol. The number of ether oxygens (including phenoxy) is 2. The van der Waals surface area contributed by atoms with Crippen molar-refractivity contribution in [3.8, 4) is 0 Å². The second-order valence-corrected chi connectivity index (χ2v) is 26.9. The van der Waals surface area contributed by atoms with Crippen LogP contribution in [0.15, 0.2) is 60.8 Å². The maximum Gasteiger partial charge on any atom is 0.472 e. The number of carbonyl (C=O) groups is 2. The third-order valence-electron chi connectivity index (χ3n) is 16.9. The third-order valence-corrected chi connectivity index (χ3v) is 17.9. The predicted octanol–water partition coefficient (Wildman–Crippen LogP) is 25.0. The van der Waals surface area contributed by atoms with Gasteiger partial charge in [0.25, 0.3) is 0 Å². The van der Waals surface area contributed by atoms with Crippen LogP contribution in [0.5, 0.6) is 0 Å². The molecule has 0 saturated carbocycles. The molecule has 0 amide bonds. The van der Waals surface area contributed by atoms with Crippen LogP contribution in [-0.4, -0.2) is 49.3 Å². The van der Waals surface area contributed by atoms with Gasteiger partial charge in [0.1, 0.15) is 6.61 Å². The van der Waals surface area contributed by atoms with Gasteiger partial charge in [-0.1, -0.05) is 357 Å². The molecule has 0 spiro atoms. The maximum atomic E-state index is 12.8. The molecular formula is C77H144NO8P. The topological polar surface area (TPSA) is 134 Å². The van der Waals surface area contributed by atoms with E-state index in [1.54, 1.807) is 0 Å². The van der Waals surface area contributed by atoms with Gasteiger partial charge in [-0.3, -0.25) is 18.6 Å². The number of carbonyl (C=O) groups excluding carboxylic acids is 2. The smallest absolute Gasteiger partial charge is 0.462 e. The molecule has 0 bridgehead atoms. The molecule has 2 atom stereocenters. The van der Waals surface area contributed by atoms with Crippen molar-refractivity contribution in [3.05, 3.63) is 60.8 Å². The molecule has 2 unspecified atom stereocenters. The van der Waals surface area contributed by atoms with Crippen molar-refractivity contribution in [1.29, 1.82) is 0 Å². The Kier molecular flexibility index (Phi) is 70.9. The largest absolute Gasteiger partial charge is 0.472 e. The van der Waals surface area contributed by atoms with Gasteiger partial charge in [-0.2, -0.15) is 0 Å². The number of phosphoric ester groups is 1. The monoisotopic (exact) mass is 1240 g/mol. The highest BCUT2D eigenvalue weighted by Gasteiger charge is 2.26. The van der Waals surface area contributed by atoms with Gasteiger partial charge in [0.2, 0.25) is 0 Å². The van der Waals surface area contributed by atoms with Gasteiger partial charge in [0.05, 0.1) is 13.2 Å². The Bertz CT molecular complexity index is 1610. The second-order valence-electron chi connectivity index (χ2n) is 25.5. The number of unbranched alkanes of at least 4 members (excludes halogenated alkanes) is 49. The Morgan fingerprint density at radius 3 is 0.954 bits per heavy atom. The molecule has 0 aromatic carbocycles. The van der Waals surface area contributed by atoms with Gasteiger partial charge in [-0.25, -0.2) is 4.57 Å². The molecule has 510 valence electrons. The van der Waals surface area contributed by atoms with E-state index in [0.29, 0.717) is 6.42 Å². The summed E-state index contributed by atoms with van der Waals surface area (Å²) in [5.41, 5.74) is 5.41. The van der Waals surface area contributed by atoms with Crippen molar-refractivity contribution in [2.24, 2.45) is 5.73 Å². The van der Waals surface area contributed by atoms with Gasteiger partial charge in [0, 0.05) is 19.4 Å². The number of allylic oxidation sites excluding steroid dienone is 10. The lowest BCUT2D eigenvalue weighted by Gasteiger charge is -2.19. The van der Waals surface area contributed by atoms with Gasteiger partial charge in [-0.15, -0.1) is 0 Å². The SMILES string of the molecule is CC/C=C\C/C=C\C/C=C\C/C=C\CCCCCCCCCCCCCCCCCCC(=O)OC(COC(=O)CCCCCCCCCCCCCCCCCCCCCCCCCCC/C=C\CCCCCCCCCC)COP(=O)(O)OCCN. The first-order chi connectivity index (χ1) is 42.8. The van der Waals surface area contributed by atoms with E-state index >= 15 is 0 Å². The number of hydrogen-bond donors (Lipinski definition) is 2. The van der Waals surface area contributed by atoms with E-state index in [1.165, 1.54) is 289 Å². The average molecular weight is 1240 g/mol. The zero-order valence-corrected chi connectivity index (χ0v) is 58.4. The predicted molar refractivity (Wildman–Crippen MR) is 376 cm³/mol. The summed E-state index contributed by atoms with van der Waals surface area (Å²) in [4.78, 5) is 35.4. The summed E-state index contributed by atoms with van der Waals surface area (Å²) in [6.45, 7) is 3.70. The first-order valence-corrected chi connectivity index (χ1v) is 39.3. The molecule has 0 aromatic heterocycles. The molecule has 0 aromatic rings. The molecule has 10 heteroatoms. The van der Waals surface area contributed by atoms with Crippen LogP contribution < -0.4 is 5.73 Å². The minimum Gasteiger partial charge on any atom is -0.462 e. The third kappa shape index (κ3) is 72.6. The van der Waals surface area contributed by atoms with Crippen LogP contribution in [0.3, 0.4) is 0 Å². The van der Waals surface area contributed by atoms with E-state index in [1.807, 2.05) is 0 Å². The Balaban J connectivity index is 3.77. The lowest BCUT2D eigenvalue weighted by Crippen LogP contribution is -2.29. The van der Waals surface area contributed by atoms with E-state index in [4.69, 9.17) is 24.3 Å². The van der Waals surface area contributed by atoms with Crippen LogP contribution in [0.1, 0.15) is 386 Å². The molecule has 0 aliphatic carbocycles. The quantitative estimate of drug-likeness (QED) is 0.0264. The molecule has 3 N–H and O–H groups in total. The zero-order valence-electron chi connectivity index (χ0n) is 57.5. The number of esters is 2. The van der Waals surface area contributed by atoms with E-state index in [9.17, 15) is 19.0 Å². The highest BCUT2D eigenvalue weighted by Crippen LogP contribution is 2.43. The zero-order chi connectivity index (χ0) is 63.0. The molecule has 0 aliphatic rings. The Morgan fingerprint density at radius 1 is 0.356 bits per heavy atom. The van der Waals surface area contributed by atoms with E-state index in [2.05, 4.69) is 74.6 Å². The summed E-state index contributed by atoms with van der Waals surface area (Å²) in [5.74, 6) is -0.808. The summed E-state index contributed by atoms with van der Waals surface area (Å²) in [5, 5.41) is 0. The van der Waals surface area contributed by atoms with Crippen LogP contribution in [0.4, 0.5) is 0 Å². The van der Waals surface area contributed by atoms with Crippen LogP contribution in [0.2, 0.25) is 0 Å². The van der Waals surface area contributed by atoms with Crippen molar-refractivity contribution in [2.75, 3.05) is 26.4 Å². The first-order valence-electron chi connectivity index (χ1n) is 37.8. The summed E-state index contributed by atoms with van der Waals surface area (Å²) in [6.07, 6.45) is 94.9. The van der Waals surface area contributed by atoms with Crippen LogP contribution in [0, 0.1) is 0 Å². The number of phosphoric acid groups is 1. The molecule has 0 saturated heterocycles. The maximum absolute atomic E-state index is 12.8. The molecule has 0 fully saturated rings. The van der Waals surface area contributed by atoms with Crippen LogP contribution in [0.25, 0.3) is 0 Å². The van der Waals surface area contributed by atoms with Crippen LogP contribution >= 0.6 is 7.82 Å². The lowest BCUT2D eigenvalue weighted by molar-refractivity contribution is -0.161. The summed E-state index contributed by atoms with van der Waals surface area (Å²) in [6, 6.07) is 0. The second kappa shape index (κ2) is 72.8. The fraction of sp³-hybridized carbons (Fsp3) is 0.844. The standard InChI is InChI=1S/C77H144NO8P/c1-3-5-7-9-11-13-15-17-19-21-23-25-27-29-31-33-34-35-36-37-38-39-40-42-43-45-47-49-51-53-55-57-59-61-63-65-67-69-76(79)83-73-75(74-85-87(81,82)84-72-71-78)86-77(80)70-68-66-64-62-60-58-56-54-52-50-48-46-44-41-32-30-28-26-24-22-20-18-16-14-12-10-8-6-4-2/h6,8,12,14,18,20-21,23-24,26,75H,3-5,7,9-11,13,15-17,19,22,25,27-74,78H2,1-2H3,(H,81,82)/b8-6-,14-12-,20-18-,23-21-,26-24-. The minimum absolute atomic E-state index is 0.0545. The van der Waals surface area contributed by atoms with E-state index < -0.39 is 26.5 Å².